The number of thioether (sulfide) groups is 1. The maximum atomic E-state index is 14.0. The highest BCUT2D eigenvalue weighted by molar-refractivity contribution is 7.98. The van der Waals surface area contributed by atoms with E-state index in [1.807, 2.05) is 6.26 Å². The van der Waals surface area contributed by atoms with Gasteiger partial charge in [-0.15, -0.1) is 24.9 Å². The van der Waals surface area contributed by atoms with E-state index in [4.69, 9.17) is 0 Å². The average molecular weight is 517 g/mol. The average Bonchev–Trinajstić information content (AvgIpc) is 3.61. The number of carbonyl (C=O) groups is 1. The minimum atomic E-state index is -4.97. The van der Waals surface area contributed by atoms with Crippen molar-refractivity contribution in [2.45, 2.75) is 55.8 Å². The Balaban J connectivity index is 1.74. The first-order valence-corrected chi connectivity index (χ1v) is 12.5. The van der Waals surface area contributed by atoms with Crippen LogP contribution in [0.3, 0.4) is 0 Å². The Morgan fingerprint density at radius 3 is 2.71 bits per heavy atom. The van der Waals surface area contributed by atoms with Crippen molar-refractivity contribution in [2.75, 3.05) is 29.6 Å². The van der Waals surface area contributed by atoms with Gasteiger partial charge in [0.25, 0.3) is 5.91 Å². The molecular formula is C23H25F5N4O2S. The normalized spacial score (nSPS) is 18.2. The Morgan fingerprint density at radius 2 is 2.03 bits per heavy atom. The molecule has 6 nitrogen and oxygen atoms in total. The maximum absolute atomic E-state index is 14.0. The number of ether oxygens (including phenoxy) is 1. The zero-order valence-corrected chi connectivity index (χ0v) is 19.8. The fourth-order valence-corrected chi connectivity index (χ4v) is 4.37. The number of hydrogen-bond acceptors (Lipinski definition) is 6. The minimum absolute atomic E-state index is 0.0703. The predicted octanol–water partition coefficient (Wildman–Crippen LogP) is 5.93. The first-order valence-electron chi connectivity index (χ1n) is 11.3. The molecule has 1 aliphatic carbocycles. The molecule has 3 heterocycles. The number of nitrogens with one attached hydrogen (secondary N) is 1. The molecule has 35 heavy (non-hydrogen) atoms. The molecule has 2 fully saturated rings. The molecule has 0 radical (unpaired) electrons. The molecule has 190 valence electrons. The molecular weight excluding hydrogens is 491 g/mol. The van der Waals surface area contributed by atoms with Crippen molar-refractivity contribution < 1.29 is 31.5 Å². The zero-order chi connectivity index (χ0) is 25.2. The molecule has 1 saturated heterocycles. The van der Waals surface area contributed by atoms with E-state index in [1.54, 1.807) is 17.0 Å². The molecule has 0 bridgehead atoms. The van der Waals surface area contributed by atoms with E-state index >= 15 is 0 Å². The summed E-state index contributed by atoms with van der Waals surface area (Å²) in [6.07, 6.45) is -0.265. The standard InChI is InChI=1S/C23H25F5N4O2S/c1-35-19-12-15(5-8-29-19)30-21(33)16-13-18(34-23(26,27)28)17(11-14-3-4-14)31-20(16)32-9-2-6-22(24,25)7-10-32/h5,8,12-14H,2-4,6-7,9-11H2,1H3,(H,29,30,33). The van der Waals surface area contributed by atoms with Crippen LogP contribution in [0.4, 0.5) is 33.5 Å². The molecule has 1 N–H and O–H groups in total. The van der Waals surface area contributed by atoms with E-state index in [9.17, 15) is 26.7 Å². The Kier molecular flexibility index (Phi) is 7.39. The van der Waals surface area contributed by atoms with E-state index in [-0.39, 0.29) is 55.3 Å². The summed E-state index contributed by atoms with van der Waals surface area (Å²) in [5, 5.41) is 3.30. The van der Waals surface area contributed by atoms with Gasteiger partial charge in [-0.25, -0.2) is 18.7 Å². The number of aromatic nitrogens is 2. The third kappa shape index (κ3) is 6.96. The van der Waals surface area contributed by atoms with Gasteiger partial charge in [0.05, 0.1) is 16.3 Å². The number of nitrogens with zero attached hydrogens (tertiary/aromatic N) is 3. The van der Waals surface area contributed by atoms with Crippen LogP contribution >= 0.6 is 11.8 Å². The van der Waals surface area contributed by atoms with E-state index < -0.39 is 30.4 Å². The summed E-state index contributed by atoms with van der Waals surface area (Å²) in [6.45, 7) is 0.131. The van der Waals surface area contributed by atoms with Crippen molar-refractivity contribution in [3.63, 3.8) is 0 Å². The number of alkyl halides is 5. The van der Waals surface area contributed by atoms with Gasteiger partial charge >= 0.3 is 6.36 Å². The highest BCUT2D eigenvalue weighted by Gasteiger charge is 2.37. The fraction of sp³-hybridized carbons (Fsp3) is 0.522. The number of anilines is 2. The molecule has 0 unspecified atom stereocenters. The van der Waals surface area contributed by atoms with Crippen LogP contribution in [0.1, 0.15) is 48.2 Å². The highest BCUT2D eigenvalue weighted by atomic mass is 32.2. The van der Waals surface area contributed by atoms with E-state index in [2.05, 4.69) is 20.0 Å². The smallest absolute Gasteiger partial charge is 0.404 e. The lowest BCUT2D eigenvalue weighted by atomic mass is 10.1. The van der Waals surface area contributed by atoms with Gasteiger partial charge in [0, 0.05) is 37.8 Å². The maximum Gasteiger partial charge on any atom is 0.573 e. The van der Waals surface area contributed by atoms with Crippen LogP contribution in [-0.4, -0.2) is 47.5 Å². The second-order valence-electron chi connectivity index (χ2n) is 8.74. The lowest BCUT2D eigenvalue weighted by Crippen LogP contribution is -2.30. The van der Waals surface area contributed by atoms with Gasteiger partial charge in [-0.2, -0.15) is 0 Å². The molecule has 2 aliphatic rings. The third-order valence-electron chi connectivity index (χ3n) is 5.91. The summed E-state index contributed by atoms with van der Waals surface area (Å²) in [7, 11) is 0. The topological polar surface area (TPSA) is 67.3 Å². The van der Waals surface area contributed by atoms with Crippen LogP contribution in [-0.2, 0) is 6.42 Å². The number of rotatable bonds is 7. The number of amides is 1. The first-order chi connectivity index (χ1) is 16.5. The van der Waals surface area contributed by atoms with Crippen molar-refractivity contribution in [1.82, 2.24) is 9.97 Å². The van der Waals surface area contributed by atoms with Crippen LogP contribution in [0.15, 0.2) is 29.4 Å². The molecule has 1 aliphatic heterocycles. The fourth-order valence-electron chi connectivity index (χ4n) is 3.96. The number of halogens is 5. The van der Waals surface area contributed by atoms with E-state index in [1.165, 1.54) is 18.0 Å². The van der Waals surface area contributed by atoms with Gasteiger partial charge in [0.15, 0.2) is 5.75 Å². The van der Waals surface area contributed by atoms with Gasteiger partial charge in [0.1, 0.15) is 5.82 Å². The van der Waals surface area contributed by atoms with Gasteiger partial charge in [-0.1, -0.05) is 0 Å². The van der Waals surface area contributed by atoms with Gasteiger partial charge < -0.3 is 15.0 Å². The van der Waals surface area contributed by atoms with E-state index in [0.29, 0.717) is 10.7 Å². The van der Waals surface area contributed by atoms with Gasteiger partial charge in [-0.3, -0.25) is 4.79 Å². The zero-order valence-electron chi connectivity index (χ0n) is 19.0. The molecule has 0 spiro atoms. The van der Waals surface area contributed by atoms with Gasteiger partial charge in [0.2, 0.25) is 5.92 Å². The van der Waals surface area contributed by atoms with Crippen molar-refractivity contribution in [1.29, 1.82) is 0 Å². The Hall–Kier alpha value is -2.63. The Labute approximate surface area is 203 Å². The van der Waals surface area contributed by atoms with Crippen LogP contribution in [0.5, 0.6) is 5.75 Å². The molecule has 0 atom stereocenters. The molecule has 1 amide bonds. The molecule has 12 heteroatoms. The monoisotopic (exact) mass is 516 g/mol. The lowest BCUT2D eigenvalue weighted by molar-refractivity contribution is -0.275. The highest BCUT2D eigenvalue weighted by Crippen LogP contribution is 2.39. The first kappa shape index (κ1) is 25.5. The van der Waals surface area contributed by atoms with Crippen molar-refractivity contribution in [3.05, 3.63) is 35.7 Å². The Bertz CT molecular complexity index is 1080. The summed E-state index contributed by atoms with van der Waals surface area (Å²) in [5.74, 6) is -3.84. The number of carbonyl (C=O) groups excluding carboxylic acids is 1. The lowest BCUT2D eigenvalue weighted by Gasteiger charge is -2.26. The largest absolute Gasteiger partial charge is 0.573 e. The SMILES string of the molecule is CSc1cc(NC(=O)c2cc(OC(F)(F)F)c(CC3CC3)nc2N2CCCC(F)(F)CC2)ccn1. The molecule has 0 aromatic carbocycles. The molecule has 4 rings (SSSR count). The third-order valence-corrected chi connectivity index (χ3v) is 6.55. The van der Waals surface area contributed by atoms with Crippen molar-refractivity contribution in [3.8, 4) is 5.75 Å². The van der Waals surface area contributed by atoms with Crippen LogP contribution in [0, 0.1) is 5.92 Å². The van der Waals surface area contributed by atoms with Crippen LogP contribution in [0.2, 0.25) is 0 Å². The second kappa shape index (κ2) is 10.2. The minimum Gasteiger partial charge on any atom is -0.404 e. The molecule has 2 aromatic heterocycles. The summed E-state index contributed by atoms with van der Waals surface area (Å²) < 4.78 is 71.8. The quantitative estimate of drug-likeness (QED) is 0.364. The second-order valence-corrected chi connectivity index (χ2v) is 9.56. The molecule has 1 saturated carbocycles. The number of pyridine rings is 2. The summed E-state index contributed by atoms with van der Waals surface area (Å²) in [5.41, 5.74) is 0.292. The summed E-state index contributed by atoms with van der Waals surface area (Å²) in [6, 6.07) is 4.20. The summed E-state index contributed by atoms with van der Waals surface area (Å²) >= 11 is 1.36. The Morgan fingerprint density at radius 1 is 1.26 bits per heavy atom. The molecule has 2 aromatic rings. The predicted molar refractivity (Wildman–Crippen MR) is 122 cm³/mol. The van der Waals surface area contributed by atoms with E-state index in [0.717, 1.165) is 18.9 Å². The van der Waals surface area contributed by atoms with Crippen LogP contribution < -0.4 is 15.0 Å². The van der Waals surface area contributed by atoms with Crippen molar-refractivity contribution in [2.24, 2.45) is 5.92 Å². The van der Waals surface area contributed by atoms with Gasteiger partial charge in [-0.05, 0) is 56.1 Å². The summed E-state index contributed by atoms with van der Waals surface area (Å²) in [4.78, 5) is 23.4. The van der Waals surface area contributed by atoms with Crippen molar-refractivity contribution >= 4 is 29.2 Å². The number of hydrogen-bond donors (Lipinski definition) is 1. The van der Waals surface area contributed by atoms with Crippen LogP contribution in [0.25, 0.3) is 0 Å².